The number of amides is 1. The zero-order chi connectivity index (χ0) is 13.3. The highest BCUT2D eigenvalue weighted by Crippen LogP contribution is 2.19. The van der Waals surface area contributed by atoms with Crippen LogP contribution >= 0.6 is 11.6 Å². The molecule has 5 heteroatoms. The third-order valence-electron chi connectivity index (χ3n) is 3.12. The quantitative estimate of drug-likeness (QED) is 0.786. The van der Waals surface area contributed by atoms with Gasteiger partial charge >= 0.3 is 0 Å². The number of hydrogen-bond acceptors (Lipinski definition) is 2. The number of carbonyl (C=O) groups is 2. The Morgan fingerprint density at radius 2 is 2.22 bits per heavy atom. The minimum Gasteiger partial charge on any atom is -0.337 e. The number of nitrogens with zero attached hydrogens (tertiary/aromatic N) is 1. The Kier molecular flexibility index (Phi) is 3.66. The molecule has 96 valence electrons. The summed E-state index contributed by atoms with van der Waals surface area (Å²) < 4.78 is 13.6. The molecule has 0 spiro atoms. The summed E-state index contributed by atoms with van der Waals surface area (Å²) in [6.45, 7) is 2.48. The number of rotatable bonds is 1. The molecule has 1 aliphatic heterocycles. The average Bonchev–Trinajstić information content (AvgIpc) is 2.32. The van der Waals surface area contributed by atoms with Crippen molar-refractivity contribution in [3.8, 4) is 0 Å². The molecule has 0 saturated carbocycles. The number of Topliss-reactive ketones (excluding diaryl/α,β-unsaturated/α-hetero) is 1. The van der Waals surface area contributed by atoms with Gasteiger partial charge in [0.05, 0.1) is 5.56 Å². The van der Waals surface area contributed by atoms with E-state index in [1.165, 1.54) is 17.0 Å². The van der Waals surface area contributed by atoms with E-state index in [4.69, 9.17) is 11.6 Å². The van der Waals surface area contributed by atoms with Crippen molar-refractivity contribution >= 4 is 23.3 Å². The van der Waals surface area contributed by atoms with Crippen LogP contribution in [-0.4, -0.2) is 29.7 Å². The molecule has 1 heterocycles. The van der Waals surface area contributed by atoms with Crippen molar-refractivity contribution in [3.63, 3.8) is 0 Å². The summed E-state index contributed by atoms with van der Waals surface area (Å²) >= 11 is 5.64. The fourth-order valence-electron chi connectivity index (χ4n) is 2.03. The first-order chi connectivity index (χ1) is 8.49. The van der Waals surface area contributed by atoms with E-state index in [2.05, 4.69) is 0 Å². The predicted octanol–water partition coefficient (Wildman–Crippen LogP) is 2.53. The normalized spacial score (nSPS) is 20.1. The molecule has 0 N–H and O–H groups in total. The van der Waals surface area contributed by atoms with Crippen molar-refractivity contribution in [2.45, 2.75) is 13.3 Å². The van der Waals surface area contributed by atoms with Crippen molar-refractivity contribution < 1.29 is 14.0 Å². The second-order valence-electron chi connectivity index (χ2n) is 4.49. The van der Waals surface area contributed by atoms with Gasteiger partial charge in [-0.3, -0.25) is 9.59 Å². The number of carbonyl (C=O) groups excluding carboxylic acids is 2. The third kappa shape index (κ3) is 2.53. The van der Waals surface area contributed by atoms with E-state index >= 15 is 0 Å². The maximum Gasteiger partial charge on any atom is 0.256 e. The molecular weight excluding hydrogens is 257 g/mol. The largest absolute Gasteiger partial charge is 0.337 e. The molecule has 0 aliphatic carbocycles. The summed E-state index contributed by atoms with van der Waals surface area (Å²) in [5.41, 5.74) is 0.000879. The van der Waals surface area contributed by atoms with Gasteiger partial charge in [0.15, 0.2) is 0 Å². The second-order valence-corrected chi connectivity index (χ2v) is 4.93. The minimum atomic E-state index is -0.628. The lowest BCUT2D eigenvalue weighted by Gasteiger charge is -2.30. The fraction of sp³-hybridized carbons (Fsp3) is 0.385. The molecule has 18 heavy (non-hydrogen) atoms. The van der Waals surface area contributed by atoms with Crippen molar-refractivity contribution in [1.82, 2.24) is 4.90 Å². The van der Waals surface area contributed by atoms with Gasteiger partial charge in [-0.25, -0.2) is 4.39 Å². The Morgan fingerprint density at radius 3 is 2.83 bits per heavy atom. The number of hydrogen-bond donors (Lipinski definition) is 0. The molecule has 1 aromatic rings. The maximum atomic E-state index is 13.6. The van der Waals surface area contributed by atoms with Gasteiger partial charge in [0.2, 0.25) is 0 Å². The first-order valence-corrected chi connectivity index (χ1v) is 6.14. The van der Waals surface area contributed by atoms with Gasteiger partial charge in [0.1, 0.15) is 11.6 Å². The van der Waals surface area contributed by atoms with Crippen LogP contribution < -0.4 is 0 Å². The summed E-state index contributed by atoms with van der Waals surface area (Å²) in [4.78, 5) is 25.0. The van der Waals surface area contributed by atoms with Crippen LogP contribution in [0.3, 0.4) is 0 Å². The van der Waals surface area contributed by atoms with Crippen LogP contribution in [0.5, 0.6) is 0 Å². The standard InChI is InChI=1S/C13H13ClFNO2/c1-8-7-16(5-4-12(8)17)13(18)10-3-2-9(14)6-11(10)15/h2-3,6,8H,4-5,7H2,1H3. The van der Waals surface area contributed by atoms with Gasteiger partial charge in [0, 0.05) is 30.5 Å². The second kappa shape index (κ2) is 5.06. The molecule has 1 aromatic carbocycles. The summed E-state index contributed by atoms with van der Waals surface area (Å²) in [5, 5.41) is 0.256. The molecule has 3 nitrogen and oxygen atoms in total. The van der Waals surface area contributed by atoms with Crippen LogP contribution in [0, 0.1) is 11.7 Å². The van der Waals surface area contributed by atoms with Gasteiger partial charge in [-0.2, -0.15) is 0 Å². The topological polar surface area (TPSA) is 37.4 Å². The van der Waals surface area contributed by atoms with E-state index < -0.39 is 5.82 Å². The zero-order valence-electron chi connectivity index (χ0n) is 9.95. The van der Waals surface area contributed by atoms with Crippen molar-refractivity contribution in [2.24, 2.45) is 5.92 Å². The Bertz CT molecular complexity index is 504. The van der Waals surface area contributed by atoms with E-state index in [9.17, 15) is 14.0 Å². The smallest absolute Gasteiger partial charge is 0.256 e. The maximum absolute atomic E-state index is 13.6. The Labute approximate surface area is 110 Å². The Morgan fingerprint density at radius 1 is 1.50 bits per heavy atom. The lowest BCUT2D eigenvalue weighted by atomic mass is 9.98. The highest BCUT2D eigenvalue weighted by Gasteiger charge is 2.28. The molecule has 1 aliphatic rings. The van der Waals surface area contributed by atoms with Crippen LogP contribution in [-0.2, 0) is 4.79 Å². The first-order valence-electron chi connectivity index (χ1n) is 5.76. The number of benzene rings is 1. The van der Waals surface area contributed by atoms with Gasteiger partial charge < -0.3 is 4.90 Å². The molecule has 0 bridgehead atoms. The number of ketones is 1. The molecule has 1 amide bonds. The van der Waals surface area contributed by atoms with Crippen molar-refractivity contribution in [2.75, 3.05) is 13.1 Å². The van der Waals surface area contributed by atoms with E-state index in [1.807, 2.05) is 0 Å². The van der Waals surface area contributed by atoms with Crippen LogP contribution in [0.2, 0.25) is 5.02 Å². The number of likely N-dealkylation sites (tertiary alicyclic amines) is 1. The van der Waals surface area contributed by atoms with Crippen LogP contribution in [0.4, 0.5) is 4.39 Å². The van der Waals surface area contributed by atoms with Gasteiger partial charge in [-0.1, -0.05) is 18.5 Å². The van der Waals surface area contributed by atoms with Gasteiger partial charge in [-0.05, 0) is 18.2 Å². The summed E-state index contributed by atoms with van der Waals surface area (Å²) in [6, 6.07) is 3.98. The minimum absolute atomic E-state index is 0.000879. The third-order valence-corrected chi connectivity index (χ3v) is 3.36. The van der Waals surface area contributed by atoms with Gasteiger partial charge in [0.25, 0.3) is 5.91 Å². The average molecular weight is 270 g/mol. The lowest BCUT2D eigenvalue weighted by Crippen LogP contribution is -2.43. The Hall–Kier alpha value is -1.42. The van der Waals surface area contributed by atoms with Gasteiger partial charge in [-0.15, -0.1) is 0 Å². The van der Waals surface area contributed by atoms with Crippen molar-refractivity contribution in [1.29, 1.82) is 0 Å². The number of halogens is 2. The molecule has 1 atom stereocenters. The summed E-state index contributed by atoms with van der Waals surface area (Å²) in [5.74, 6) is -1.05. The molecule has 0 aromatic heterocycles. The molecule has 1 fully saturated rings. The number of piperidine rings is 1. The highest BCUT2D eigenvalue weighted by atomic mass is 35.5. The van der Waals surface area contributed by atoms with E-state index in [0.29, 0.717) is 19.5 Å². The monoisotopic (exact) mass is 269 g/mol. The zero-order valence-corrected chi connectivity index (χ0v) is 10.7. The first kappa shape index (κ1) is 13.0. The van der Waals surface area contributed by atoms with E-state index in [1.54, 1.807) is 6.92 Å². The highest BCUT2D eigenvalue weighted by molar-refractivity contribution is 6.30. The fourth-order valence-corrected chi connectivity index (χ4v) is 2.19. The molecule has 1 saturated heterocycles. The lowest BCUT2D eigenvalue weighted by molar-refractivity contribution is -0.124. The molecule has 0 radical (unpaired) electrons. The predicted molar refractivity (Wildman–Crippen MR) is 66.1 cm³/mol. The van der Waals surface area contributed by atoms with E-state index in [-0.39, 0.29) is 28.2 Å². The molecule has 2 rings (SSSR count). The van der Waals surface area contributed by atoms with Crippen LogP contribution in [0.25, 0.3) is 0 Å². The summed E-state index contributed by atoms with van der Waals surface area (Å²) in [6.07, 6.45) is 0.335. The SMILES string of the molecule is CC1CN(C(=O)c2ccc(Cl)cc2F)CCC1=O. The summed E-state index contributed by atoms with van der Waals surface area (Å²) in [7, 11) is 0. The molecule has 1 unspecified atom stereocenters. The Balaban J connectivity index is 2.19. The van der Waals surface area contributed by atoms with Crippen molar-refractivity contribution in [3.05, 3.63) is 34.6 Å². The van der Waals surface area contributed by atoms with Crippen LogP contribution in [0.1, 0.15) is 23.7 Å². The van der Waals surface area contributed by atoms with Crippen LogP contribution in [0.15, 0.2) is 18.2 Å². The molecular formula is C13H13ClFNO2. The van der Waals surface area contributed by atoms with E-state index in [0.717, 1.165) is 6.07 Å².